The smallest absolute Gasteiger partial charge is 0.303 e. The Hall–Kier alpha value is -1.37. The third-order valence-electron chi connectivity index (χ3n) is 11.4. The summed E-state index contributed by atoms with van der Waals surface area (Å²) in [6.45, 7) is 15.7. The summed E-state index contributed by atoms with van der Waals surface area (Å²) in [5.41, 5.74) is 0.904. The minimum Gasteiger partial charge on any atom is -0.462 e. The summed E-state index contributed by atoms with van der Waals surface area (Å²) < 4.78 is 17.2. The van der Waals surface area contributed by atoms with Crippen LogP contribution in [0.4, 0.5) is 0 Å². The van der Waals surface area contributed by atoms with Crippen LogP contribution in [0.15, 0.2) is 11.6 Å². The minimum absolute atomic E-state index is 0.209. The van der Waals surface area contributed by atoms with E-state index in [0.717, 1.165) is 25.7 Å². The second kappa shape index (κ2) is 11.7. The van der Waals surface area contributed by atoms with E-state index in [9.17, 15) is 14.4 Å². The number of halogens is 1. The third kappa shape index (κ3) is 6.06. The molecule has 0 radical (unpaired) electrons. The lowest BCUT2D eigenvalue weighted by Gasteiger charge is -2.61. The van der Waals surface area contributed by atoms with E-state index in [0.29, 0.717) is 42.4 Å². The Morgan fingerprint density at radius 1 is 1.02 bits per heavy atom. The molecule has 0 aromatic rings. The van der Waals surface area contributed by atoms with Crippen molar-refractivity contribution in [3.05, 3.63) is 11.6 Å². The van der Waals surface area contributed by atoms with E-state index in [2.05, 4.69) is 42.8 Å². The van der Waals surface area contributed by atoms with E-state index < -0.39 is 5.60 Å². The van der Waals surface area contributed by atoms with Gasteiger partial charge in [-0.05, 0) is 87.4 Å². The predicted octanol–water partition coefficient (Wildman–Crippen LogP) is 7.56. The number of hydrogen-bond acceptors (Lipinski definition) is 6. The first-order chi connectivity index (χ1) is 18.6. The van der Waals surface area contributed by atoms with Gasteiger partial charge in [0.05, 0.1) is 0 Å². The topological polar surface area (TPSA) is 78.9 Å². The van der Waals surface area contributed by atoms with Gasteiger partial charge < -0.3 is 14.2 Å². The van der Waals surface area contributed by atoms with Crippen molar-refractivity contribution in [3.8, 4) is 0 Å². The fourth-order valence-electron chi connectivity index (χ4n) is 9.77. The van der Waals surface area contributed by atoms with E-state index >= 15 is 0 Å². The third-order valence-corrected chi connectivity index (χ3v) is 12.3. The molecule has 4 aliphatic rings. The minimum atomic E-state index is -0.413. The van der Waals surface area contributed by atoms with Crippen molar-refractivity contribution >= 4 is 33.8 Å². The molecule has 6 nitrogen and oxygen atoms in total. The molecule has 0 saturated heterocycles. The van der Waals surface area contributed by atoms with Crippen molar-refractivity contribution in [2.24, 2.45) is 40.4 Å². The molecule has 226 valence electrons. The van der Waals surface area contributed by atoms with Crippen LogP contribution < -0.4 is 0 Å². The summed E-state index contributed by atoms with van der Waals surface area (Å²) in [6, 6.07) is 0. The van der Waals surface area contributed by atoms with Gasteiger partial charge in [0, 0.05) is 43.9 Å². The summed E-state index contributed by atoms with van der Waals surface area (Å²) in [4.78, 5) is 35.8. The summed E-state index contributed by atoms with van der Waals surface area (Å²) in [7, 11) is 0. The maximum absolute atomic E-state index is 12.3. The molecule has 0 heterocycles. The number of carbonyl (C=O) groups excluding carboxylic acids is 3. The van der Waals surface area contributed by atoms with Gasteiger partial charge in [0.15, 0.2) is 0 Å². The molecule has 3 unspecified atom stereocenters. The fourth-order valence-corrected chi connectivity index (χ4v) is 10.8. The van der Waals surface area contributed by atoms with Crippen LogP contribution in [0.5, 0.6) is 0 Å². The van der Waals surface area contributed by atoms with Gasteiger partial charge in [-0.15, -0.1) is 0 Å². The number of ether oxygens (including phenoxy) is 3. The van der Waals surface area contributed by atoms with Gasteiger partial charge in [-0.25, -0.2) is 0 Å². The van der Waals surface area contributed by atoms with E-state index in [-0.39, 0.29) is 45.8 Å². The van der Waals surface area contributed by atoms with Crippen molar-refractivity contribution in [1.29, 1.82) is 0 Å². The second-order valence-electron chi connectivity index (χ2n) is 14.4. The Morgan fingerprint density at radius 2 is 1.70 bits per heavy atom. The first-order valence-electron chi connectivity index (χ1n) is 15.5. The van der Waals surface area contributed by atoms with Crippen molar-refractivity contribution in [2.45, 2.75) is 136 Å². The maximum Gasteiger partial charge on any atom is 0.303 e. The van der Waals surface area contributed by atoms with Gasteiger partial charge in [-0.2, -0.15) is 0 Å². The normalized spacial score (nSPS) is 39.6. The van der Waals surface area contributed by atoms with Crippen molar-refractivity contribution < 1.29 is 28.6 Å². The predicted molar refractivity (Wildman–Crippen MR) is 159 cm³/mol. The molecular formula is C33H51BrO6. The van der Waals surface area contributed by atoms with Crippen LogP contribution in [0.3, 0.4) is 0 Å². The highest BCUT2D eigenvalue weighted by Crippen LogP contribution is 2.68. The Kier molecular flexibility index (Phi) is 9.25. The zero-order chi connectivity index (χ0) is 29.6. The molecule has 0 spiro atoms. The Morgan fingerprint density at radius 3 is 2.33 bits per heavy atom. The lowest BCUT2D eigenvalue weighted by atomic mass is 9.46. The van der Waals surface area contributed by atoms with Crippen molar-refractivity contribution in [1.82, 2.24) is 0 Å². The first kappa shape index (κ1) is 31.6. The average molecular weight is 624 g/mol. The summed E-state index contributed by atoms with van der Waals surface area (Å²) in [5, 5.41) is 0. The lowest BCUT2D eigenvalue weighted by Crippen LogP contribution is -2.59. The van der Waals surface area contributed by atoms with E-state index in [4.69, 9.17) is 14.2 Å². The van der Waals surface area contributed by atoms with Gasteiger partial charge in [0.25, 0.3) is 0 Å². The molecule has 0 aromatic carbocycles. The van der Waals surface area contributed by atoms with Gasteiger partial charge in [-0.3, -0.25) is 14.4 Å². The molecule has 0 bridgehead atoms. The second-order valence-corrected chi connectivity index (χ2v) is 15.5. The molecule has 40 heavy (non-hydrogen) atoms. The number of esters is 3. The number of allylic oxidation sites excluding steroid dienone is 1. The van der Waals surface area contributed by atoms with Crippen LogP contribution in [0.25, 0.3) is 0 Å². The lowest BCUT2D eigenvalue weighted by molar-refractivity contribution is -0.172. The molecule has 7 heteroatoms. The van der Waals surface area contributed by atoms with Crippen LogP contribution in [-0.4, -0.2) is 40.5 Å². The van der Waals surface area contributed by atoms with Crippen LogP contribution in [0.1, 0.15) is 113 Å². The number of fused-ring (bicyclic) bond motifs is 5. The molecule has 10 atom stereocenters. The van der Waals surface area contributed by atoms with Crippen molar-refractivity contribution in [2.75, 3.05) is 0 Å². The molecule has 0 amide bonds. The SMILES string of the molecule is CC(=O)O[C@@H]1CC2=CC(Br)C3C(CC[C@]4(C)[C@@H]([C@H](C)CCCC(C)(C)OC(C)=O)CC[C@@H]34)[C@@]2(C)[C@@H](OC(C)=O)C1. The van der Waals surface area contributed by atoms with Gasteiger partial charge >= 0.3 is 17.9 Å². The highest BCUT2D eigenvalue weighted by Gasteiger charge is 2.63. The summed E-state index contributed by atoms with van der Waals surface area (Å²) in [6.07, 6.45) is 11.0. The maximum atomic E-state index is 12.3. The van der Waals surface area contributed by atoms with E-state index in [1.807, 2.05) is 13.8 Å². The van der Waals surface area contributed by atoms with E-state index in [1.165, 1.54) is 45.6 Å². The molecule has 0 N–H and O–H groups in total. The largest absolute Gasteiger partial charge is 0.462 e. The number of hydrogen-bond donors (Lipinski definition) is 0. The Balaban J connectivity index is 1.53. The molecular weight excluding hydrogens is 572 g/mol. The average Bonchev–Trinajstić information content (AvgIpc) is 3.16. The van der Waals surface area contributed by atoms with Gasteiger partial charge in [0.1, 0.15) is 17.8 Å². The van der Waals surface area contributed by atoms with Crippen LogP contribution >= 0.6 is 15.9 Å². The van der Waals surface area contributed by atoms with Crippen LogP contribution in [0.2, 0.25) is 0 Å². The van der Waals surface area contributed by atoms with Gasteiger partial charge in [0.2, 0.25) is 0 Å². The summed E-state index contributed by atoms with van der Waals surface area (Å²) in [5.74, 6) is 2.04. The number of rotatable bonds is 8. The fraction of sp³-hybridized carbons (Fsp3) is 0.848. The Bertz CT molecular complexity index is 1020. The van der Waals surface area contributed by atoms with E-state index in [1.54, 1.807) is 0 Å². The zero-order valence-electron chi connectivity index (χ0n) is 25.9. The molecule has 3 fully saturated rings. The zero-order valence-corrected chi connectivity index (χ0v) is 27.5. The molecule has 0 aliphatic heterocycles. The highest BCUT2D eigenvalue weighted by molar-refractivity contribution is 9.09. The van der Waals surface area contributed by atoms with Crippen molar-refractivity contribution in [3.63, 3.8) is 0 Å². The molecule has 4 rings (SSSR count). The quantitative estimate of drug-likeness (QED) is 0.120. The number of alkyl halides is 1. The monoisotopic (exact) mass is 622 g/mol. The molecule has 4 aliphatic carbocycles. The van der Waals surface area contributed by atoms with Gasteiger partial charge in [-0.1, -0.05) is 54.8 Å². The highest BCUT2D eigenvalue weighted by atomic mass is 79.9. The summed E-state index contributed by atoms with van der Waals surface area (Å²) >= 11 is 4.13. The van der Waals surface area contributed by atoms with Crippen LogP contribution in [0, 0.1) is 40.4 Å². The number of carbonyl (C=O) groups is 3. The van der Waals surface area contributed by atoms with Crippen LogP contribution in [-0.2, 0) is 28.6 Å². The molecule has 0 aromatic heterocycles. The Labute approximate surface area is 249 Å². The standard InChI is InChI=1S/C33H51BrO6/c1-19(10-9-14-31(5,6)40-22(4)37)25-11-12-26-30-27(13-15-32(25,26)7)33(8)23(17-28(30)34)16-24(38-20(2)35)18-29(33)39-21(3)36/h17,19,24-30H,9-16,18H2,1-8H3/t19-,24-,25-,26+,27?,28?,29+,30?,32-,33+/m1/s1. The first-order valence-corrected chi connectivity index (χ1v) is 16.4. The molecule has 3 saturated carbocycles.